The summed E-state index contributed by atoms with van der Waals surface area (Å²) in [5.41, 5.74) is 1.52. The highest BCUT2D eigenvalue weighted by atomic mass is 32.2. The van der Waals surface area contributed by atoms with Crippen LogP contribution in [0.4, 0.5) is 4.39 Å². The quantitative estimate of drug-likeness (QED) is 0.771. The molecular weight excluding hydrogens is 355 g/mol. The minimum Gasteiger partial charge on any atom is -0.352 e. The third-order valence-electron chi connectivity index (χ3n) is 4.99. The fourth-order valence-corrected chi connectivity index (χ4v) is 5.09. The number of rotatable bonds is 6. The molecule has 2 aliphatic rings. The summed E-state index contributed by atoms with van der Waals surface area (Å²) >= 11 is 0. The van der Waals surface area contributed by atoms with Crippen LogP contribution in [0.3, 0.4) is 0 Å². The molecule has 0 saturated carbocycles. The Morgan fingerprint density at radius 2 is 1.92 bits per heavy atom. The molecule has 1 aromatic carbocycles. The normalized spacial score (nSPS) is 18.6. The lowest BCUT2D eigenvalue weighted by Gasteiger charge is -2.17. The predicted octanol–water partition coefficient (Wildman–Crippen LogP) is 3.23. The van der Waals surface area contributed by atoms with Gasteiger partial charge in [0, 0.05) is 25.2 Å². The number of sulfonamides is 1. The second kappa shape index (κ2) is 8.31. The summed E-state index contributed by atoms with van der Waals surface area (Å²) < 4.78 is 40.6. The van der Waals surface area contributed by atoms with Crippen LogP contribution in [0.5, 0.6) is 0 Å². The van der Waals surface area contributed by atoms with E-state index in [1.54, 1.807) is 0 Å². The first-order chi connectivity index (χ1) is 12.5. The predicted molar refractivity (Wildman–Crippen MR) is 97.9 cm³/mol. The molecule has 0 spiro atoms. The molecule has 26 heavy (non-hydrogen) atoms. The number of carbonyl (C=O) groups is 1. The van der Waals surface area contributed by atoms with Crippen LogP contribution in [0.15, 0.2) is 34.7 Å². The van der Waals surface area contributed by atoms with Crippen molar-refractivity contribution in [2.45, 2.75) is 49.8 Å². The summed E-state index contributed by atoms with van der Waals surface area (Å²) in [6.07, 6.45) is 9.16. The van der Waals surface area contributed by atoms with E-state index in [9.17, 15) is 17.6 Å². The van der Waals surface area contributed by atoms with Gasteiger partial charge in [-0.1, -0.05) is 11.6 Å². The molecule has 1 N–H and O–H groups in total. The standard InChI is InChI=1S/C19H25FN2O3S/c20-17-9-8-16(14-18(17)26(24,25)22-12-4-5-13-22)19(23)21-11-10-15-6-2-1-3-7-15/h6,8-9,14H,1-5,7,10-13H2,(H,21,23). The Morgan fingerprint density at radius 3 is 2.62 bits per heavy atom. The van der Waals surface area contributed by atoms with Gasteiger partial charge in [0.15, 0.2) is 0 Å². The fraction of sp³-hybridized carbons (Fsp3) is 0.526. The third kappa shape index (κ3) is 4.32. The second-order valence-electron chi connectivity index (χ2n) is 6.87. The summed E-state index contributed by atoms with van der Waals surface area (Å²) in [7, 11) is -3.89. The molecule has 1 heterocycles. The Bertz CT molecular complexity index is 799. The SMILES string of the molecule is O=C(NCCC1=CCCCC1)c1ccc(F)c(S(=O)(=O)N2CCCC2)c1. The van der Waals surface area contributed by atoms with Gasteiger partial charge in [0.25, 0.3) is 5.91 Å². The summed E-state index contributed by atoms with van der Waals surface area (Å²) in [6, 6.07) is 3.53. The van der Waals surface area contributed by atoms with Crippen LogP contribution >= 0.6 is 0 Å². The van der Waals surface area contributed by atoms with Crippen LogP contribution in [0.25, 0.3) is 0 Å². The lowest BCUT2D eigenvalue weighted by molar-refractivity contribution is 0.0953. The van der Waals surface area contributed by atoms with Gasteiger partial charge in [0.05, 0.1) is 0 Å². The maximum atomic E-state index is 14.1. The zero-order chi connectivity index (χ0) is 18.6. The molecule has 1 aromatic rings. The Kier molecular flexibility index (Phi) is 6.09. The smallest absolute Gasteiger partial charge is 0.251 e. The number of hydrogen-bond acceptors (Lipinski definition) is 3. The number of amides is 1. The van der Waals surface area contributed by atoms with Crippen molar-refractivity contribution >= 4 is 15.9 Å². The maximum Gasteiger partial charge on any atom is 0.251 e. The van der Waals surface area contributed by atoms with Crippen molar-refractivity contribution in [2.24, 2.45) is 0 Å². The zero-order valence-corrected chi connectivity index (χ0v) is 15.7. The molecule has 0 aromatic heterocycles. The van der Waals surface area contributed by atoms with E-state index in [1.807, 2.05) is 0 Å². The second-order valence-corrected chi connectivity index (χ2v) is 8.78. The minimum absolute atomic E-state index is 0.168. The van der Waals surface area contributed by atoms with Crippen molar-refractivity contribution in [3.63, 3.8) is 0 Å². The first kappa shape index (κ1) is 19.0. The molecule has 1 aliphatic carbocycles. The van der Waals surface area contributed by atoms with Gasteiger partial charge in [-0.05, 0) is 63.1 Å². The third-order valence-corrected chi connectivity index (χ3v) is 6.91. The highest BCUT2D eigenvalue weighted by Gasteiger charge is 2.30. The van der Waals surface area contributed by atoms with Gasteiger partial charge < -0.3 is 5.32 Å². The van der Waals surface area contributed by atoms with Crippen molar-refractivity contribution in [1.29, 1.82) is 0 Å². The molecule has 3 rings (SSSR count). The van der Waals surface area contributed by atoms with E-state index >= 15 is 0 Å². The van der Waals surface area contributed by atoms with E-state index in [1.165, 1.54) is 28.8 Å². The van der Waals surface area contributed by atoms with Crippen molar-refractivity contribution in [3.05, 3.63) is 41.2 Å². The molecule has 0 bridgehead atoms. The average molecular weight is 380 g/mol. The van der Waals surface area contributed by atoms with Gasteiger partial charge in [0.2, 0.25) is 10.0 Å². The Balaban J connectivity index is 1.68. The molecule has 1 fully saturated rings. The number of carbonyl (C=O) groups excluding carboxylic acids is 1. The Morgan fingerprint density at radius 1 is 1.15 bits per heavy atom. The van der Waals surface area contributed by atoms with E-state index < -0.39 is 20.7 Å². The Labute approximate surface area is 154 Å². The van der Waals surface area contributed by atoms with Crippen LogP contribution in [0.2, 0.25) is 0 Å². The van der Waals surface area contributed by atoms with Gasteiger partial charge in [-0.3, -0.25) is 4.79 Å². The number of nitrogens with one attached hydrogen (secondary N) is 1. The van der Waals surface area contributed by atoms with Crippen molar-refractivity contribution in [1.82, 2.24) is 9.62 Å². The summed E-state index contributed by atoms with van der Waals surface area (Å²) in [6.45, 7) is 1.29. The highest BCUT2D eigenvalue weighted by molar-refractivity contribution is 7.89. The molecular formula is C19H25FN2O3S. The lowest BCUT2D eigenvalue weighted by Crippen LogP contribution is -2.29. The van der Waals surface area contributed by atoms with Crippen LogP contribution in [-0.4, -0.2) is 38.3 Å². The van der Waals surface area contributed by atoms with Gasteiger partial charge in [-0.25, -0.2) is 12.8 Å². The molecule has 142 valence electrons. The minimum atomic E-state index is -3.89. The van der Waals surface area contributed by atoms with E-state index in [2.05, 4.69) is 11.4 Å². The molecule has 1 aliphatic heterocycles. The fourth-order valence-electron chi connectivity index (χ4n) is 3.48. The molecule has 0 atom stereocenters. The monoisotopic (exact) mass is 380 g/mol. The van der Waals surface area contributed by atoms with Gasteiger partial charge in [0.1, 0.15) is 10.7 Å². The summed E-state index contributed by atoms with van der Waals surface area (Å²) in [5, 5.41) is 2.80. The first-order valence-electron chi connectivity index (χ1n) is 9.24. The topological polar surface area (TPSA) is 66.5 Å². The number of nitrogens with zero attached hydrogens (tertiary/aromatic N) is 1. The lowest BCUT2D eigenvalue weighted by atomic mass is 9.97. The number of benzene rings is 1. The van der Waals surface area contributed by atoms with E-state index in [0.29, 0.717) is 19.6 Å². The van der Waals surface area contributed by atoms with Crippen LogP contribution in [-0.2, 0) is 10.0 Å². The van der Waals surface area contributed by atoms with Crippen LogP contribution in [0, 0.1) is 5.82 Å². The van der Waals surface area contributed by atoms with Crippen molar-refractivity contribution in [2.75, 3.05) is 19.6 Å². The van der Waals surface area contributed by atoms with Gasteiger partial charge in [-0.15, -0.1) is 0 Å². The summed E-state index contributed by atoms with van der Waals surface area (Å²) in [5.74, 6) is -1.19. The molecule has 1 amide bonds. The number of allylic oxidation sites excluding steroid dienone is 1. The van der Waals surface area contributed by atoms with Crippen LogP contribution < -0.4 is 5.32 Å². The maximum absolute atomic E-state index is 14.1. The van der Waals surface area contributed by atoms with Gasteiger partial charge >= 0.3 is 0 Å². The van der Waals surface area contributed by atoms with E-state index in [-0.39, 0.29) is 11.5 Å². The Hall–Kier alpha value is -1.73. The van der Waals surface area contributed by atoms with Crippen molar-refractivity contribution < 1.29 is 17.6 Å². The molecule has 0 unspecified atom stereocenters. The molecule has 7 heteroatoms. The van der Waals surface area contributed by atoms with Crippen molar-refractivity contribution in [3.8, 4) is 0 Å². The number of hydrogen-bond donors (Lipinski definition) is 1. The van der Waals surface area contributed by atoms with E-state index in [0.717, 1.165) is 44.2 Å². The van der Waals surface area contributed by atoms with Crippen LogP contribution in [0.1, 0.15) is 55.3 Å². The zero-order valence-electron chi connectivity index (χ0n) is 14.8. The number of halogens is 1. The summed E-state index contributed by atoms with van der Waals surface area (Å²) in [4.78, 5) is 11.9. The molecule has 1 saturated heterocycles. The largest absolute Gasteiger partial charge is 0.352 e. The highest BCUT2D eigenvalue weighted by Crippen LogP contribution is 2.24. The molecule has 5 nitrogen and oxygen atoms in total. The average Bonchev–Trinajstić information content (AvgIpc) is 3.18. The molecule has 0 radical (unpaired) electrons. The first-order valence-corrected chi connectivity index (χ1v) is 10.7. The van der Waals surface area contributed by atoms with E-state index in [4.69, 9.17) is 0 Å². The van der Waals surface area contributed by atoms with Gasteiger partial charge in [-0.2, -0.15) is 4.31 Å².